The zero-order chi connectivity index (χ0) is 26.4. The fourth-order valence-corrected chi connectivity index (χ4v) is 4.64. The fourth-order valence-electron chi connectivity index (χ4n) is 3.38. The van der Waals surface area contributed by atoms with Crippen molar-refractivity contribution in [1.82, 2.24) is 16.0 Å². The van der Waals surface area contributed by atoms with Crippen LogP contribution in [0.2, 0.25) is 0 Å². The average Bonchev–Trinajstić information content (AvgIpc) is 2.80. The van der Waals surface area contributed by atoms with Crippen LogP contribution in [0.15, 0.2) is 44.3 Å². The number of phenols is 1. The Labute approximate surface area is 222 Å². The molecule has 0 aromatic heterocycles. The molecular weight excluding hydrogens is 604 g/mol. The Morgan fingerprint density at radius 1 is 1.19 bits per heavy atom. The molecule has 1 aliphatic heterocycles. The number of rotatable bonds is 8. The Bertz CT molecular complexity index is 1210. The molecule has 0 saturated carbocycles. The molecule has 9 N–H and O–H groups in total. The summed E-state index contributed by atoms with van der Waals surface area (Å²) in [7, 11) is 0. The number of phenolic OH excluding ortho intramolecular Hbond substituents is 1. The molecule has 12 nitrogen and oxygen atoms in total. The first-order valence-electron chi connectivity index (χ1n) is 10.6. The number of carboxylic acids is 1. The number of carboxylic acid groups (broad SMARTS) is 1. The lowest BCUT2D eigenvalue weighted by atomic mass is 10.0. The number of nitrogens with one attached hydrogen (secondary N) is 4. The van der Waals surface area contributed by atoms with Crippen LogP contribution < -0.4 is 27.0 Å². The molecule has 0 radical (unpaired) electrons. The maximum absolute atomic E-state index is 12.7. The first kappa shape index (κ1) is 27.2. The van der Waals surface area contributed by atoms with Gasteiger partial charge in [-0.25, -0.2) is 0 Å². The van der Waals surface area contributed by atoms with E-state index in [9.17, 15) is 29.7 Å². The smallest absolute Gasteiger partial charge is 0.305 e. The van der Waals surface area contributed by atoms with Crippen LogP contribution in [-0.2, 0) is 9.59 Å². The van der Waals surface area contributed by atoms with Crippen molar-refractivity contribution in [3.63, 3.8) is 0 Å². The quantitative estimate of drug-likeness (QED) is 0.199. The molecule has 3 rings (SSSR count). The number of carbonyl (C=O) groups excluding carboxylic acids is 2. The highest BCUT2D eigenvalue weighted by molar-refractivity contribution is 9.11. The number of aliphatic imine (C=N–C) groups is 1. The van der Waals surface area contributed by atoms with Gasteiger partial charge in [-0.15, -0.1) is 0 Å². The van der Waals surface area contributed by atoms with Gasteiger partial charge >= 0.3 is 5.97 Å². The number of benzene rings is 2. The number of aliphatic carboxylic acids is 1. The Balaban J connectivity index is 1.66. The second-order valence-corrected chi connectivity index (χ2v) is 9.69. The maximum Gasteiger partial charge on any atom is 0.305 e. The molecule has 2 aromatic carbocycles. The SMILES string of the molecule is Nc1cc(NC2=NCC(O)CN2)cc(C(=O)NCC(=O)N[C@H](CC(=O)O)c2cc(Br)cc(Br)c2O)c1. The summed E-state index contributed by atoms with van der Waals surface area (Å²) >= 11 is 6.46. The third kappa shape index (κ3) is 7.57. The fraction of sp³-hybridized carbons (Fsp3) is 0.273. The Morgan fingerprint density at radius 3 is 2.61 bits per heavy atom. The number of anilines is 2. The molecule has 36 heavy (non-hydrogen) atoms. The summed E-state index contributed by atoms with van der Waals surface area (Å²) in [6.07, 6.45) is -1.07. The molecule has 0 fully saturated rings. The van der Waals surface area contributed by atoms with Crippen molar-refractivity contribution >= 4 is 67.0 Å². The molecule has 1 aliphatic rings. The van der Waals surface area contributed by atoms with Gasteiger partial charge in [0.05, 0.1) is 36.1 Å². The number of nitrogens with zero attached hydrogens (tertiary/aromatic N) is 1. The van der Waals surface area contributed by atoms with Gasteiger partial charge in [-0.2, -0.15) is 0 Å². The van der Waals surface area contributed by atoms with Crippen LogP contribution in [0.5, 0.6) is 5.75 Å². The molecule has 2 aromatic rings. The minimum absolute atomic E-state index is 0.178. The largest absolute Gasteiger partial charge is 0.506 e. The van der Waals surface area contributed by atoms with E-state index in [1.807, 2.05) is 0 Å². The standard InChI is InChI=1S/C22H24Br2N6O6/c23-11-3-15(20(35)16(24)4-11)17(6-19(33)34)30-18(32)9-26-21(36)10-1-12(25)5-13(2-10)29-22-27-7-14(31)8-28-22/h1-5,14,17,31,35H,6-9,25H2,(H,26,36)(H,30,32)(H,33,34)(H2,27,28,29)/t17-/m1/s1. The third-order valence-electron chi connectivity index (χ3n) is 5.00. The van der Waals surface area contributed by atoms with Gasteiger partial charge in [-0.05, 0) is 46.3 Å². The van der Waals surface area contributed by atoms with Gasteiger partial charge in [0.2, 0.25) is 5.91 Å². The Morgan fingerprint density at radius 2 is 1.94 bits per heavy atom. The number of nitrogen functional groups attached to an aromatic ring is 1. The molecule has 14 heteroatoms. The van der Waals surface area contributed by atoms with Gasteiger partial charge in [0, 0.05) is 33.5 Å². The molecule has 1 unspecified atom stereocenters. The average molecular weight is 628 g/mol. The van der Waals surface area contributed by atoms with Crippen LogP contribution in [0.4, 0.5) is 11.4 Å². The van der Waals surface area contributed by atoms with Gasteiger partial charge in [0.25, 0.3) is 5.91 Å². The van der Waals surface area contributed by atoms with Crippen molar-refractivity contribution in [3.8, 4) is 5.75 Å². The summed E-state index contributed by atoms with van der Waals surface area (Å²) in [5, 5.41) is 40.0. The number of halogens is 2. The van der Waals surface area contributed by atoms with Crippen molar-refractivity contribution in [2.24, 2.45) is 4.99 Å². The van der Waals surface area contributed by atoms with E-state index in [2.05, 4.69) is 58.1 Å². The van der Waals surface area contributed by atoms with Crippen LogP contribution in [0, 0.1) is 0 Å². The number of aliphatic hydroxyl groups excluding tert-OH is 1. The summed E-state index contributed by atoms with van der Waals surface area (Å²) in [4.78, 5) is 40.7. The van der Waals surface area contributed by atoms with Gasteiger partial charge < -0.3 is 42.3 Å². The monoisotopic (exact) mass is 626 g/mol. The lowest BCUT2D eigenvalue weighted by molar-refractivity contribution is -0.137. The summed E-state index contributed by atoms with van der Waals surface area (Å²) in [5.74, 6) is -2.22. The number of nitrogens with two attached hydrogens (primary N) is 1. The molecule has 0 aliphatic carbocycles. The third-order valence-corrected chi connectivity index (χ3v) is 6.06. The highest BCUT2D eigenvalue weighted by Gasteiger charge is 2.23. The van der Waals surface area contributed by atoms with Crippen molar-refractivity contribution in [3.05, 3.63) is 50.4 Å². The molecule has 192 valence electrons. The lowest BCUT2D eigenvalue weighted by Crippen LogP contribution is -2.42. The first-order valence-corrected chi connectivity index (χ1v) is 12.2. The Kier molecular flexibility index (Phi) is 9.12. The molecule has 0 saturated heterocycles. The molecular formula is C22H24Br2N6O6. The topological polar surface area (TPSA) is 198 Å². The highest BCUT2D eigenvalue weighted by Crippen LogP contribution is 2.36. The number of hydrogen-bond donors (Lipinski definition) is 8. The first-order chi connectivity index (χ1) is 17.0. The second kappa shape index (κ2) is 12.1. The minimum Gasteiger partial charge on any atom is -0.506 e. The summed E-state index contributed by atoms with van der Waals surface area (Å²) in [5.41, 5.74) is 7.05. The molecule has 0 spiro atoms. The number of carbonyl (C=O) groups is 3. The number of aromatic hydroxyl groups is 1. The maximum atomic E-state index is 12.7. The van der Waals surface area contributed by atoms with E-state index in [1.54, 1.807) is 12.1 Å². The van der Waals surface area contributed by atoms with E-state index in [4.69, 9.17) is 5.73 Å². The molecule has 1 heterocycles. The normalized spacial score (nSPS) is 15.8. The van der Waals surface area contributed by atoms with Gasteiger partial charge in [0.1, 0.15) is 5.75 Å². The van der Waals surface area contributed by atoms with Crippen LogP contribution in [0.1, 0.15) is 28.4 Å². The molecule has 2 atom stereocenters. The van der Waals surface area contributed by atoms with Gasteiger partial charge in [0.15, 0.2) is 5.96 Å². The van der Waals surface area contributed by atoms with Crippen molar-refractivity contribution in [2.75, 3.05) is 30.7 Å². The Hall–Kier alpha value is -3.36. The predicted octanol–water partition coefficient (Wildman–Crippen LogP) is 1.29. The van der Waals surface area contributed by atoms with Crippen molar-refractivity contribution in [2.45, 2.75) is 18.6 Å². The zero-order valence-corrected chi connectivity index (χ0v) is 21.9. The number of aliphatic hydroxyl groups is 1. The zero-order valence-electron chi connectivity index (χ0n) is 18.7. The summed E-state index contributed by atoms with van der Waals surface area (Å²) in [6.45, 7) is 0.111. The van der Waals surface area contributed by atoms with Crippen molar-refractivity contribution in [1.29, 1.82) is 0 Å². The second-order valence-electron chi connectivity index (χ2n) is 7.92. The minimum atomic E-state index is -1.19. The summed E-state index contributed by atoms with van der Waals surface area (Å²) < 4.78 is 0.887. The number of guanidine groups is 1. The van der Waals surface area contributed by atoms with Crippen molar-refractivity contribution < 1.29 is 29.7 Å². The van der Waals surface area contributed by atoms with Crippen LogP contribution >= 0.6 is 31.9 Å². The highest BCUT2D eigenvalue weighted by atomic mass is 79.9. The van der Waals surface area contributed by atoms with Gasteiger partial charge in [-0.3, -0.25) is 19.4 Å². The van der Waals surface area contributed by atoms with Gasteiger partial charge in [-0.1, -0.05) is 15.9 Å². The lowest BCUT2D eigenvalue weighted by Gasteiger charge is -2.20. The van der Waals surface area contributed by atoms with E-state index in [0.29, 0.717) is 32.8 Å². The van der Waals surface area contributed by atoms with E-state index in [0.717, 1.165) is 0 Å². The molecule has 0 bridgehead atoms. The van der Waals surface area contributed by atoms with Crippen LogP contribution in [0.3, 0.4) is 0 Å². The summed E-state index contributed by atoms with van der Waals surface area (Å²) in [6, 6.07) is 6.57. The number of β-amino-alcohol motifs (C(OH)–C–C–N with tert-alkyl or cyclic N) is 1. The van der Waals surface area contributed by atoms with E-state index in [-0.39, 0.29) is 23.4 Å². The van der Waals surface area contributed by atoms with E-state index < -0.39 is 42.9 Å². The van der Waals surface area contributed by atoms with E-state index >= 15 is 0 Å². The predicted molar refractivity (Wildman–Crippen MR) is 140 cm³/mol. The van der Waals surface area contributed by atoms with Crippen LogP contribution in [-0.4, -0.2) is 64.8 Å². The molecule has 2 amide bonds. The van der Waals surface area contributed by atoms with Crippen LogP contribution in [0.25, 0.3) is 0 Å². The van der Waals surface area contributed by atoms with E-state index in [1.165, 1.54) is 18.2 Å². The number of amides is 2. The number of hydrogen-bond acceptors (Lipinski definition) is 9.